The maximum Gasteiger partial charge on any atom is 0.229 e. The second-order valence-corrected chi connectivity index (χ2v) is 6.96. The SMILES string of the molecule is Cc1nn(C)c(C)c1NC(=O)[C@@H]1CC(=O)N(c2ccc(Br)cc2)C1. The summed E-state index contributed by atoms with van der Waals surface area (Å²) in [6.45, 7) is 4.16. The molecule has 126 valence electrons. The molecule has 0 spiro atoms. The summed E-state index contributed by atoms with van der Waals surface area (Å²) in [5.74, 6) is -0.528. The van der Waals surface area contributed by atoms with E-state index in [4.69, 9.17) is 0 Å². The number of halogens is 1. The first-order valence-electron chi connectivity index (χ1n) is 7.74. The summed E-state index contributed by atoms with van der Waals surface area (Å²) in [7, 11) is 1.84. The van der Waals surface area contributed by atoms with Gasteiger partial charge in [0, 0.05) is 30.2 Å². The van der Waals surface area contributed by atoms with E-state index in [0.717, 1.165) is 27.2 Å². The van der Waals surface area contributed by atoms with E-state index in [1.54, 1.807) is 9.58 Å². The molecule has 0 saturated carbocycles. The highest BCUT2D eigenvalue weighted by atomic mass is 79.9. The van der Waals surface area contributed by atoms with Crippen molar-refractivity contribution in [2.75, 3.05) is 16.8 Å². The van der Waals surface area contributed by atoms with Crippen molar-refractivity contribution in [3.05, 3.63) is 40.1 Å². The van der Waals surface area contributed by atoms with E-state index in [9.17, 15) is 9.59 Å². The molecule has 0 aliphatic carbocycles. The van der Waals surface area contributed by atoms with E-state index >= 15 is 0 Å². The Labute approximate surface area is 149 Å². The molecule has 1 atom stereocenters. The van der Waals surface area contributed by atoms with Gasteiger partial charge in [0.2, 0.25) is 11.8 Å². The van der Waals surface area contributed by atoms with Gasteiger partial charge in [-0.05, 0) is 38.1 Å². The lowest BCUT2D eigenvalue weighted by atomic mass is 10.1. The number of hydrogen-bond acceptors (Lipinski definition) is 3. The van der Waals surface area contributed by atoms with E-state index < -0.39 is 0 Å². The fourth-order valence-electron chi connectivity index (χ4n) is 2.93. The van der Waals surface area contributed by atoms with Crippen molar-refractivity contribution in [2.24, 2.45) is 13.0 Å². The fourth-order valence-corrected chi connectivity index (χ4v) is 3.20. The van der Waals surface area contributed by atoms with Crippen molar-refractivity contribution in [2.45, 2.75) is 20.3 Å². The van der Waals surface area contributed by atoms with Crippen LogP contribution in [0.1, 0.15) is 17.8 Å². The number of anilines is 2. The molecule has 0 radical (unpaired) electrons. The highest BCUT2D eigenvalue weighted by Gasteiger charge is 2.35. The van der Waals surface area contributed by atoms with E-state index in [1.165, 1.54) is 0 Å². The Morgan fingerprint density at radius 2 is 1.96 bits per heavy atom. The van der Waals surface area contributed by atoms with Crippen LogP contribution in [0.4, 0.5) is 11.4 Å². The zero-order chi connectivity index (χ0) is 17.4. The Morgan fingerprint density at radius 1 is 1.29 bits per heavy atom. The van der Waals surface area contributed by atoms with Crippen LogP contribution in [-0.2, 0) is 16.6 Å². The molecule has 6 nitrogen and oxygen atoms in total. The fraction of sp³-hybridized carbons (Fsp3) is 0.353. The molecular weight excluding hydrogens is 372 g/mol. The van der Waals surface area contributed by atoms with E-state index in [1.807, 2.05) is 45.2 Å². The molecule has 1 aromatic heterocycles. The zero-order valence-corrected chi connectivity index (χ0v) is 15.4. The monoisotopic (exact) mass is 390 g/mol. The lowest BCUT2D eigenvalue weighted by Gasteiger charge is -2.17. The second-order valence-electron chi connectivity index (χ2n) is 6.04. The van der Waals surface area contributed by atoms with Crippen LogP contribution in [0.15, 0.2) is 28.7 Å². The molecule has 2 heterocycles. The number of nitrogens with zero attached hydrogens (tertiary/aromatic N) is 3. The van der Waals surface area contributed by atoms with Gasteiger partial charge in [-0.25, -0.2) is 0 Å². The maximum atomic E-state index is 12.6. The summed E-state index contributed by atoms with van der Waals surface area (Å²) in [6, 6.07) is 7.52. The van der Waals surface area contributed by atoms with Crippen LogP contribution in [0.3, 0.4) is 0 Å². The van der Waals surface area contributed by atoms with Crippen LogP contribution < -0.4 is 10.2 Å². The Kier molecular flexibility index (Phi) is 4.45. The third-order valence-corrected chi connectivity index (χ3v) is 4.92. The standard InChI is InChI=1S/C17H19BrN4O2/c1-10-16(11(2)21(3)20-10)19-17(24)12-8-15(23)22(9-12)14-6-4-13(18)5-7-14/h4-7,12H,8-9H2,1-3H3,(H,19,24)/t12-/m1/s1. The molecule has 1 aliphatic heterocycles. The van der Waals surface area contributed by atoms with Crippen LogP contribution in [0.5, 0.6) is 0 Å². The molecule has 1 aliphatic rings. The van der Waals surface area contributed by atoms with Crippen LogP contribution in [0, 0.1) is 19.8 Å². The number of hydrogen-bond donors (Lipinski definition) is 1. The van der Waals surface area contributed by atoms with Gasteiger partial charge in [-0.15, -0.1) is 0 Å². The number of carbonyl (C=O) groups excluding carboxylic acids is 2. The number of carbonyl (C=O) groups is 2. The minimum Gasteiger partial charge on any atom is -0.323 e. The molecule has 0 bridgehead atoms. The molecule has 1 saturated heterocycles. The highest BCUT2D eigenvalue weighted by Crippen LogP contribution is 2.28. The third-order valence-electron chi connectivity index (χ3n) is 4.39. The quantitative estimate of drug-likeness (QED) is 0.875. The van der Waals surface area contributed by atoms with Crippen molar-refractivity contribution in [3.63, 3.8) is 0 Å². The largest absolute Gasteiger partial charge is 0.323 e. The smallest absolute Gasteiger partial charge is 0.229 e. The summed E-state index contributed by atoms with van der Waals surface area (Å²) in [5.41, 5.74) is 3.22. The minimum absolute atomic E-state index is 0.0305. The first-order chi connectivity index (χ1) is 11.4. The van der Waals surface area contributed by atoms with Crippen molar-refractivity contribution < 1.29 is 9.59 Å². The van der Waals surface area contributed by atoms with Gasteiger partial charge < -0.3 is 10.2 Å². The number of rotatable bonds is 3. The molecule has 0 unspecified atom stereocenters. The van der Waals surface area contributed by atoms with Gasteiger partial charge in [-0.2, -0.15) is 5.10 Å². The van der Waals surface area contributed by atoms with Crippen molar-refractivity contribution in [1.29, 1.82) is 0 Å². The van der Waals surface area contributed by atoms with Gasteiger partial charge >= 0.3 is 0 Å². The van der Waals surface area contributed by atoms with Crippen LogP contribution in [0.2, 0.25) is 0 Å². The normalized spacial score (nSPS) is 17.4. The Morgan fingerprint density at radius 3 is 2.54 bits per heavy atom. The Bertz CT molecular complexity index is 798. The molecule has 1 N–H and O–H groups in total. The number of benzene rings is 1. The first kappa shape index (κ1) is 16.7. The van der Waals surface area contributed by atoms with Gasteiger partial charge in [-0.3, -0.25) is 14.3 Å². The number of amides is 2. The lowest BCUT2D eigenvalue weighted by Crippen LogP contribution is -2.28. The zero-order valence-electron chi connectivity index (χ0n) is 13.8. The molecule has 1 fully saturated rings. The number of aromatic nitrogens is 2. The second kappa shape index (κ2) is 6.39. The summed E-state index contributed by atoms with van der Waals surface area (Å²) in [4.78, 5) is 26.5. The van der Waals surface area contributed by atoms with Gasteiger partial charge in [0.1, 0.15) is 0 Å². The molecular formula is C17H19BrN4O2. The van der Waals surface area contributed by atoms with Crippen LogP contribution in [-0.4, -0.2) is 28.1 Å². The Balaban J connectivity index is 1.73. The lowest BCUT2D eigenvalue weighted by molar-refractivity contribution is -0.122. The molecule has 7 heteroatoms. The summed E-state index contributed by atoms with van der Waals surface area (Å²) >= 11 is 3.38. The average Bonchev–Trinajstić information content (AvgIpc) is 3.04. The van der Waals surface area contributed by atoms with Crippen molar-refractivity contribution >= 4 is 39.1 Å². The molecule has 3 rings (SSSR count). The molecule has 1 aromatic carbocycles. The van der Waals surface area contributed by atoms with Gasteiger partial charge in [0.25, 0.3) is 0 Å². The van der Waals surface area contributed by atoms with Gasteiger partial charge in [0.15, 0.2) is 0 Å². The van der Waals surface area contributed by atoms with Crippen molar-refractivity contribution in [3.8, 4) is 0 Å². The Hall–Kier alpha value is -2.15. The van der Waals surface area contributed by atoms with Gasteiger partial charge in [0.05, 0.1) is 23.0 Å². The third kappa shape index (κ3) is 3.08. The van der Waals surface area contributed by atoms with E-state index in [-0.39, 0.29) is 24.2 Å². The van der Waals surface area contributed by atoms with E-state index in [2.05, 4.69) is 26.3 Å². The molecule has 2 amide bonds. The van der Waals surface area contributed by atoms with Crippen LogP contribution in [0.25, 0.3) is 0 Å². The number of nitrogens with one attached hydrogen (secondary N) is 1. The predicted molar refractivity (Wildman–Crippen MR) is 95.9 cm³/mol. The minimum atomic E-state index is -0.361. The van der Waals surface area contributed by atoms with Crippen molar-refractivity contribution in [1.82, 2.24) is 9.78 Å². The first-order valence-corrected chi connectivity index (χ1v) is 8.53. The predicted octanol–water partition coefficient (Wildman–Crippen LogP) is 2.79. The summed E-state index contributed by atoms with van der Waals surface area (Å²) in [5, 5.41) is 7.23. The number of aryl methyl sites for hydroxylation is 2. The topological polar surface area (TPSA) is 67.2 Å². The summed E-state index contributed by atoms with van der Waals surface area (Å²) in [6.07, 6.45) is 0.222. The van der Waals surface area contributed by atoms with Gasteiger partial charge in [-0.1, -0.05) is 15.9 Å². The average molecular weight is 391 g/mol. The molecule has 2 aromatic rings. The summed E-state index contributed by atoms with van der Waals surface area (Å²) < 4.78 is 2.69. The van der Waals surface area contributed by atoms with E-state index in [0.29, 0.717) is 6.54 Å². The van der Waals surface area contributed by atoms with Crippen LogP contribution >= 0.6 is 15.9 Å². The molecule has 24 heavy (non-hydrogen) atoms. The maximum absolute atomic E-state index is 12.6. The highest BCUT2D eigenvalue weighted by molar-refractivity contribution is 9.10.